The third-order valence-electron chi connectivity index (χ3n) is 6.50. The Labute approximate surface area is 163 Å². The van der Waals surface area contributed by atoms with Crippen molar-refractivity contribution < 1.29 is 28.6 Å². The average molecular weight is 387 g/mol. The maximum atomic E-state index is 12.1. The van der Waals surface area contributed by atoms with Crippen molar-refractivity contribution in [1.82, 2.24) is 4.90 Å². The molecular weight excluding hydrogens is 362 g/mol. The van der Waals surface area contributed by atoms with Crippen molar-refractivity contribution in [2.75, 3.05) is 6.54 Å². The summed E-state index contributed by atoms with van der Waals surface area (Å²) in [6, 6.07) is 3.65. The van der Waals surface area contributed by atoms with Crippen LogP contribution in [0.3, 0.4) is 0 Å². The second kappa shape index (κ2) is 6.50. The number of carbonyl (C=O) groups is 3. The number of amides is 1. The van der Waals surface area contributed by atoms with Crippen molar-refractivity contribution in [2.45, 2.75) is 64.7 Å². The van der Waals surface area contributed by atoms with E-state index < -0.39 is 5.97 Å². The summed E-state index contributed by atoms with van der Waals surface area (Å²) in [7, 11) is 0. The van der Waals surface area contributed by atoms with Gasteiger partial charge in [-0.15, -0.1) is 0 Å². The molecule has 7 nitrogen and oxygen atoms in total. The molecular formula is C21H25NO6. The lowest BCUT2D eigenvalue weighted by Gasteiger charge is -2.33. The van der Waals surface area contributed by atoms with Crippen molar-refractivity contribution in [3.05, 3.63) is 23.3 Å². The summed E-state index contributed by atoms with van der Waals surface area (Å²) in [5.41, 5.74) is 1.61. The highest BCUT2D eigenvalue weighted by Crippen LogP contribution is 2.61. The summed E-state index contributed by atoms with van der Waals surface area (Å²) < 4.78 is 17.3. The first-order valence-electron chi connectivity index (χ1n) is 9.68. The highest BCUT2D eigenvalue weighted by Gasteiger charge is 2.62. The van der Waals surface area contributed by atoms with Gasteiger partial charge in [-0.3, -0.25) is 14.4 Å². The maximum Gasteiger partial charge on any atom is 0.308 e. The Morgan fingerprint density at radius 2 is 1.93 bits per heavy atom. The molecule has 150 valence electrons. The number of rotatable bonds is 2. The highest BCUT2D eigenvalue weighted by atomic mass is 16.6. The predicted octanol–water partition coefficient (Wildman–Crippen LogP) is 2.33. The normalized spacial score (nSPS) is 30.0. The molecule has 1 aromatic rings. The Kier molecular flexibility index (Phi) is 4.36. The molecule has 2 aliphatic heterocycles. The molecule has 1 unspecified atom stereocenters. The molecule has 0 N–H and O–H groups in total. The van der Waals surface area contributed by atoms with Crippen LogP contribution in [0.4, 0.5) is 0 Å². The Bertz CT molecular complexity index is 865. The van der Waals surface area contributed by atoms with E-state index in [1.165, 1.54) is 13.8 Å². The third kappa shape index (κ3) is 2.67. The van der Waals surface area contributed by atoms with E-state index in [0.29, 0.717) is 37.4 Å². The molecule has 4 atom stereocenters. The fraction of sp³-hybridized carbons (Fsp3) is 0.571. The van der Waals surface area contributed by atoms with Crippen molar-refractivity contribution in [2.24, 2.45) is 5.92 Å². The van der Waals surface area contributed by atoms with Crippen LogP contribution in [-0.4, -0.2) is 41.5 Å². The lowest BCUT2D eigenvalue weighted by Crippen LogP contribution is -2.41. The quantitative estimate of drug-likeness (QED) is 0.572. The van der Waals surface area contributed by atoms with Gasteiger partial charge in [0.15, 0.2) is 11.5 Å². The number of esters is 2. The standard InChI is InChI=1S/C21H25NO6/c1-11-17(27-14(4)25)9-18-21(11)7-8-22(12(2)23)10-15-5-6-16(26-13(3)24)20(28-18)19(15)21/h5-6,11,17-18H,7-10H2,1-4H3/t11?,17-,18+,21-/m1/s1. The fourth-order valence-electron chi connectivity index (χ4n) is 5.28. The Morgan fingerprint density at radius 3 is 2.57 bits per heavy atom. The SMILES string of the molecule is CC(=O)Oc1ccc2c3c1O[C@H]1C[C@@H](OC(C)=O)C(C)[C@@]31CCN(C(C)=O)C2. The third-order valence-corrected chi connectivity index (χ3v) is 6.50. The molecule has 4 rings (SSSR count). The predicted molar refractivity (Wildman–Crippen MR) is 98.9 cm³/mol. The summed E-state index contributed by atoms with van der Waals surface area (Å²) in [5, 5.41) is 0. The van der Waals surface area contributed by atoms with Crippen LogP contribution in [0.25, 0.3) is 0 Å². The van der Waals surface area contributed by atoms with Gasteiger partial charge in [0.05, 0.1) is 0 Å². The summed E-state index contributed by atoms with van der Waals surface area (Å²) in [4.78, 5) is 37.1. The van der Waals surface area contributed by atoms with Crippen LogP contribution in [-0.2, 0) is 31.1 Å². The summed E-state index contributed by atoms with van der Waals surface area (Å²) in [6.45, 7) is 7.52. The largest absolute Gasteiger partial charge is 0.485 e. The van der Waals surface area contributed by atoms with Crippen molar-refractivity contribution >= 4 is 17.8 Å². The van der Waals surface area contributed by atoms with Gasteiger partial charge in [0.2, 0.25) is 5.91 Å². The molecule has 1 aromatic carbocycles. The first kappa shape index (κ1) is 18.8. The van der Waals surface area contributed by atoms with Gasteiger partial charge < -0.3 is 19.1 Å². The minimum absolute atomic E-state index is 0.0147. The van der Waals surface area contributed by atoms with Crippen molar-refractivity contribution in [3.8, 4) is 11.5 Å². The molecule has 1 spiro atoms. The molecule has 0 saturated heterocycles. The molecule has 7 heteroatoms. The Balaban J connectivity index is 1.86. The van der Waals surface area contributed by atoms with Gasteiger partial charge in [0, 0.05) is 57.2 Å². The lowest BCUT2D eigenvalue weighted by atomic mass is 9.69. The molecule has 1 amide bonds. The molecule has 1 aliphatic carbocycles. The van der Waals surface area contributed by atoms with E-state index in [9.17, 15) is 14.4 Å². The first-order chi connectivity index (χ1) is 13.2. The summed E-state index contributed by atoms with van der Waals surface area (Å²) in [6.07, 6.45) is 0.850. The fourth-order valence-corrected chi connectivity index (χ4v) is 5.28. The van der Waals surface area contributed by atoms with E-state index in [4.69, 9.17) is 14.2 Å². The van der Waals surface area contributed by atoms with Crippen LogP contribution in [0.15, 0.2) is 12.1 Å². The second-order valence-electron chi connectivity index (χ2n) is 8.03. The zero-order valence-corrected chi connectivity index (χ0v) is 16.6. The molecule has 1 saturated carbocycles. The molecule has 3 aliphatic rings. The van der Waals surface area contributed by atoms with Crippen LogP contribution >= 0.6 is 0 Å². The lowest BCUT2D eigenvalue weighted by molar-refractivity contribution is -0.148. The number of hydrogen-bond acceptors (Lipinski definition) is 6. The average Bonchev–Trinajstić information content (AvgIpc) is 2.96. The zero-order chi connectivity index (χ0) is 20.2. The zero-order valence-electron chi connectivity index (χ0n) is 16.6. The second-order valence-corrected chi connectivity index (χ2v) is 8.03. The number of nitrogens with zero attached hydrogens (tertiary/aromatic N) is 1. The van der Waals surface area contributed by atoms with Crippen molar-refractivity contribution in [1.29, 1.82) is 0 Å². The van der Waals surface area contributed by atoms with Gasteiger partial charge in [0.25, 0.3) is 0 Å². The van der Waals surface area contributed by atoms with Gasteiger partial charge in [-0.05, 0) is 18.1 Å². The number of carbonyl (C=O) groups excluding carboxylic acids is 3. The molecule has 2 heterocycles. The van der Waals surface area contributed by atoms with E-state index in [0.717, 1.165) is 11.1 Å². The maximum absolute atomic E-state index is 12.1. The topological polar surface area (TPSA) is 82.1 Å². The van der Waals surface area contributed by atoms with Crippen LogP contribution in [0.1, 0.15) is 51.7 Å². The highest BCUT2D eigenvalue weighted by molar-refractivity contribution is 5.75. The van der Waals surface area contributed by atoms with E-state index in [1.54, 1.807) is 13.0 Å². The number of hydrogen-bond donors (Lipinski definition) is 0. The van der Waals surface area contributed by atoms with Gasteiger partial charge in [0.1, 0.15) is 12.2 Å². The van der Waals surface area contributed by atoms with E-state index in [-0.39, 0.29) is 35.4 Å². The number of benzene rings is 1. The summed E-state index contributed by atoms with van der Waals surface area (Å²) >= 11 is 0. The van der Waals surface area contributed by atoms with E-state index in [2.05, 4.69) is 6.92 Å². The Morgan fingerprint density at radius 1 is 1.18 bits per heavy atom. The van der Waals surface area contributed by atoms with Gasteiger partial charge >= 0.3 is 11.9 Å². The van der Waals surface area contributed by atoms with E-state index >= 15 is 0 Å². The van der Waals surface area contributed by atoms with Crippen molar-refractivity contribution in [3.63, 3.8) is 0 Å². The molecule has 1 fully saturated rings. The summed E-state index contributed by atoms with van der Waals surface area (Å²) in [5.74, 6) is 0.329. The van der Waals surface area contributed by atoms with Gasteiger partial charge in [-0.25, -0.2) is 0 Å². The monoisotopic (exact) mass is 387 g/mol. The van der Waals surface area contributed by atoms with Gasteiger partial charge in [-0.1, -0.05) is 13.0 Å². The van der Waals surface area contributed by atoms with Gasteiger partial charge in [-0.2, -0.15) is 0 Å². The Hall–Kier alpha value is -2.57. The minimum Gasteiger partial charge on any atom is -0.485 e. The smallest absolute Gasteiger partial charge is 0.308 e. The number of ether oxygens (including phenoxy) is 3. The molecule has 0 aromatic heterocycles. The van der Waals surface area contributed by atoms with E-state index in [1.807, 2.05) is 11.0 Å². The molecule has 0 bridgehead atoms. The van der Waals surface area contributed by atoms with Crippen LogP contribution in [0.2, 0.25) is 0 Å². The van der Waals surface area contributed by atoms with Crippen LogP contribution in [0.5, 0.6) is 11.5 Å². The van der Waals surface area contributed by atoms with Crippen LogP contribution in [0, 0.1) is 5.92 Å². The minimum atomic E-state index is -0.407. The molecule has 28 heavy (non-hydrogen) atoms. The first-order valence-corrected chi connectivity index (χ1v) is 9.68. The molecule has 0 radical (unpaired) electrons. The van der Waals surface area contributed by atoms with Crippen LogP contribution < -0.4 is 9.47 Å².